The molecule has 1 aromatic rings. The summed E-state index contributed by atoms with van der Waals surface area (Å²) in [5, 5.41) is 11.5. The third kappa shape index (κ3) is 3.62. The first-order valence-corrected chi connectivity index (χ1v) is 7.09. The van der Waals surface area contributed by atoms with Crippen molar-refractivity contribution in [2.45, 2.75) is 0 Å². The Bertz CT molecular complexity index is 514. The lowest BCUT2D eigenvalue weighted by Crippen LogP contribution is -2.46. The number of hydrogen-bond acceptors (Lipinski definition) is 4. The van der Waals surface area contributed by atoms with Gasteiger partial charge in [-0.1, -0.05) is 29.3 Å². The molecule has 1 aromatic carbocycles. The van der Waals surface area contributed by atoms with Gasteiger partial charge in [0.05, 0.1) is 4.92 Å². The number of rotatable bonds is 4. The van der Waals surface area contributed by atoms with Crippen molar-refractivity contribution in [1.29, 1.82) is 0 Å². The number of nitrogens with zero attached hydrogens (tertiary/aromatic N) is 3. The summed E-state index contributed by atoms with van der Waals surface area (Å²) in [4.78, 5) is 15.0. The summed E-state index contributed by atoms with van der Waals surface area (Å²) < 4.78 is 0. The van der Waals surface area contributed by atoms with Gasteiger partial charge in [0.1, 0.15) is 5.69 Å². The van der Waals surface area contributed by atoms with Gasteiger partial charge in [0, 0.05) is 49.3 Å². The lowest BCUT2D eigenvalue weighted by molar-refractivity contribution is -0.384. The van der Waals surface area contributed by atoms with E-state index in [2.05, 4.69) is 4.90 Å². The average molecular weight is 316 g/mol. The van der Waals surface area contributed by atoms with Crippen LogP contribution in [0.4, 0.5) is 11.4 Å². The monoisotopic (exact) mass is 315 g/mol. The molecule has 0 N–H and O–H groups in total. The fourth-order valence-corrected chi connectivity index (χ4v) is 2.52. The molecule has 2 rings (SSSR count). The molecule has 1 fully saturated rings. The first-order chi connectivity index (χ1) is 9.61. The highest BCUT2D eigenvalue weighted by molar-refractivity contribution is 6.30. The molecule has 1 heterocycles. The van der Waals surface area contributed by atoms with Crippen LogP contribution < -0.4 is 4.90 Å². The predicted octanol–water partition coefficient (Wildman–Crippen LogP) is 3.12. The van der Waals surface area contributed by atoms with Gasteiger partial charge in [-0.15, -0.1) is 0 Å². The summed E-state index contributed by atoms with van der Waals surface area (Å²) in [6.07, 6.45) is 1.89. The quantitative estimate of drug-likeness (QED) is 0.632. The molecule has 0 aliphatic carbocycles. The first kappa shape index (κ1) is 15.1. The van der Waals surface area contributed by atoms with Crippen LogP contribution in [0, 0.1) is 10.1 Å². The maximum Gasteiger partial charge on any atom is 0.294 e. The number of hydrogen-bond donors (Lipinski definition) is 0. The van der Waals surface area contributed by atoms with Crippen molar-refractivity contribution < 1.29 is 4.92 Å². The number of halogens is 2. The van der Waals surface area contributed by atoms with E-state index in [4.69, 9.17) is 23.2 Å². The van der Waals surface area contributed by atoms with Crippen LogP contribution in [0.5, 0.6) is 0 Å². The first-order valence-electron chi connectivity index (χ1n) is 6.28. The second kappa shape index (κ2) is 6.92. The minimum absolute atomic E-state index is 0.0617. The summed E-state index contributed by atoms with van der Waals surface area (Å²) in [7, 11) is 0. The number of piperazine rings is 1. The Balaban J connectivity index is 2.09. The summed E-state index contributed by atoms with van der Waals surface area (Å²) in [5.41, 5.74) is 2.20. The lowest BCUT2D eigenvalue weighted by atomic mass is 10.2. The van der Waals surface area contributed by atoms with Crippen LogP contribution in [0.15, 0.2) is 29.8 Å². The van der Waals surface area contributed by atoms with E-state index in [-0.39, 0.29) is 10.6 Å². The predicted molar refractivity (Wildman–Crippen MR) is 81.8 cm³/mol. The smallest absolute Gasteiger partial charge is 0.294 e. The van der Waals surface area contributed by atoms with Crippen LogP contribution in [0.3, 0.4) is 0 Å². The maximum atomic E-state index is 11.1. The molecule has 20 heavy (non-hydrogen) atoms. The minimum Gasteiger partial charge on any atom is -0.363 e. The molecule has 0 atom stereocenters. The van der Waals surface area contributed by atoms with Crippen molar-refractivity contribution in [3.8, 4) is 0 Å². The zero-order valence-corrected chi connectivity index (χ0v) is 12.3. The highest BCUT2D eigenvalue weighted by Crippen LogP contribution is 2.31. The van der Waals surface area contributed by atoms with Gasteiger partial charge < -0.3 is 4.90 Å². The fraction of sp³-hybridized carbons (Fsp3) is 0.385. The van der Waals surface area contributed by atoms with Gasteiger partial charge in [-0.25, -0.2) is 0 Å². The van der Waals surface area contributed by atoms with Gasteiger partial charge in [0.2, 0.25) is 0 Å². The molecule has 1 saturated heterocycles. The fourth-order valence-electron chi connectivity index (χ4n) is 2.27. The molecule has 108 valence electrons. The largest absolute Gasteiger partial charge is 0.363 e. The number of benzene rings is 1. The van der Waals surface area contributed by atoms with Crippen molar-refractivity contribution in [1.82, 2.24) is 4.90 Å². The number of nitro groups is 1. The Labute approximate surface area is 127 Å². The second-order valence-corrected chi connectivity index (χ2v) is 5.23. The van der Waals surface area contributed by atoms with Crippen molar-refractivity contribution in [3.63, 3.8) is 0 Å². The van der Waals surface area contributed by atoms with E-state index in [9.17, 15) is 10.1 Å². The minimum atomic E-state index is -0.385. The van der Waals surface area contributed by atoms with Crippen molar-refractivity contribution in [3.05, 3.63) is 44.9 Å². The van der Waals surface area contributed by atoms with Gasteiger partial charge >= 0.3 is 0 Å². The summed E-state index contributed by atoms with van der Waals surface area (Å²) in [5.74, 6) is 0. The van der Waals surface area contributed by atoms with Crippen LogP contribution in [-0.2, 0) is 0 Å². The van der Waals surface area contributed by atoms with Gasteiger partial charge in [-0.2, -0.15) is 0 Å². The molecular weight excluding hydrogens is 301 g/mol. The second-order valence-electron chi connectivity index (χ2n) is 4.54. The zero-order valence-electron chi connectivity index (χ0n) is 10.8. The summed E-state index contributed by atoms with van der Waals surface area (Å²) in [6, 6.07) is 4.81. The van der Waals surface area contributed by atoms with E-state index in [1.54, 1.807) is 12.1 Å². The van der Waals surface area contributed by atoms with E-state index >= 15 is 0 Å². The topological polar surface area (TPSA) is 49.6 Å². The van der Waals surface area contributed by atoms with Crippen LogP contribution in [-0.4, -0.2) is 42.5 Å². The van der Waals surface area contributed by atoms with E-state index in [0.29, 0.717) is 10.7 Å². The van der Waals surface area contributed by atoms with Crippen molar-refractivity contribution in [2.24, 2.45) is 0 Å². The molecule has 1 aliphatic heterocycles. The van der Waals surface area contributed by atoms with Crippen LogP contribution in [0.2, 0.25) is 5.02 Å². The third-order valence-corrected chi connectivity index (χ3v) is 3.71. The van der Waals surface area contributed by atoms with Crippen LogP contribution >= 0.6 is 23.2 Å². The Hall–Kier alpha value is -1.30. The molecule has 0 spiro atoms. The Kier molecular flexibility index (Phi) is 5.23. The average Bonchev–Trinajstić information content (AvgIpc) is 2.45. The standard InChI is InChI=1S/C13H15Cl2N3O2/c14-4-1-5-16-6-8-17(9-7-16)12-3-2-11(15)10-13(12)18(19)20/h1-4,10H,5-9H2/b4-1+. The molecular formula is C13H15Cl2N3O2. The molecule has 5 nitrogen and oxygen atoms in total. The Morgan fingerprint density at radius 1 is 1.30 bits per heavy atom. The Morgan fingerprint density at radius 2 is 2.00 bits per heavy atom. The van der Waals surface area contributed by atoms with Gasteiger partial charge in [-0.05, 0) is 12.1 Å². The number of anilines is 1. The highest BCUT2D eigenvalue weighted by Gasteiger charge is 2.23. The molecule has 0 saturated carbocycles. The molecule has 0 radical (unpaired) electrons. The van der Waals surface area contributed by atoms with E-state index in [0.717, 1.165) is 32.7 Å². The normalized spacial score (nSPS) is 16.8. The third-order valence-electron chi connectivity index (χ3n) is 3.30. The van der Waals surface area contributed by atoms with Crippen LogP contribution in [0.25, 0.3) is 0 Å². The highest BCUT2D eigenvalue weighted by atomic mass is 35.5. The summed E-state index contributed by atoms with van der Waals surface area (Å²) >= 11 is 11.3. The van der Waals surface area contributed by atoms with Crippen molar-refractivity contribution in [2.75, 3.05) is 37.6 Å². The van der Waals surface area contributed by atoms with Gasteiger partial charge in [-0.3, -0.25) is 15.0 Å². The molecule has 1 aliphatic rings. The molecule has 0 bridgehead atoms. The zero-order chi connectivity index (χ0) is 14.5. The summed E-state index contributed by atoms with van der Waals surface area (Å²) in [6.45, 7) is 4.00. The van der Waals surface area contributed by atoms with Gasteiger partial charge in [0.15, 0.2) is 0 Å². The van der Waals surface area contributed by atoms with E-state index < -0.39 is 0 Å². The molecule has 0 unspecified atom stereocenters. The SMILES string of the molecule is O=[N+]([O-])c1cc(Cl)ccc1N1CCN(C/C=C/Cl)CC1. The lowest BCUT2D eigenvalue weighted by Gasteiger charge is -2.35. The van der Waals surface area contributed by atoms with E-state index in [1.165, 1.54) is 11.6 Å². The molecule has 0 amide bonds. The Morgan fingerprint density at radius 3 is 2.60 bits per heavy atom. The van der Waals surface area contributed by atoms with E-state index in [1.807, 2.05) is 11.0 Å². The van der Waals surface area contributed by atoms with Crippen molar-refractivity contribution >= 4 is 34.6 Å². The molecule has 0 aromatic heterocycles. The van der Waals surface area contributed by atoms with Crippen LogP contribution in [0.1, 0.15) is 0 Å². The maximum absolute atomic E-state index is 11.1. The van der Waals surface area contributed by atoms with Gasteiger partial charge in [0.25, 0.3) is 5.69 Å². The molecule has 7 heteroatoms. The number of nitro benzene ring substituents is 1.